The quantitative estimate of drug-likeness (QED) is 0.847. The molecule has 3 N–H and O–H groups in total. The second-order valence-corrected chi connectivity index (χ2v) is 6.84. The van der Waals surface area contributed by atoms with Crippen LogP contribution in [0.2, 0.25) is 0 Å². The van der Waals surface area contributed by atoms with Gasteiger partial charge in [-0.25, -0.2) is 8.42 Å². The molecule has 0 radical (unpaired) electrons. The van der Waals surface area contributed by atoms with Gasteiger partial charge in [-0.15, -0.1) is 0 Å². The molecule has 0 unspecified atom stereocenters. The Kier molecular flexibility index (Phi) is 4.87. The van der Waals surface area contributed by atoms with Crippen molar-refractivity contribution in [2.75, 3.05) is 11.8 Å². The minimum absolute atomic E-state index is 0.167. The molecule has 0 aromatic heterocycles. The minimum atomic E-state index is -3.68. The first-order valence-corrected chi connectivity index (χ1v) is 8.39. The number of sulfonamides is 1. The van der Waals surface area contributed by atoms with Gasteiger partial charge in [0, 0.05) is 17.1 Å². The van der Waals surface area contributed by atoms with E-state index >= 15 is 0 Å². The Morgan fingerprint density at radius 1 is 1.24 bits per heavy atom. The average Bonchev–Trinajstić information content (AvgIpc) is 2.49. The van der Waals surface area contributed by atoms with Crippen LogP contribution in [0.4, 0.5) is 5.69 Å². The van der Waals surface area contributed by atoms with Crippen molar-refractivity contribution in [2.24, 2.45) is 5.73 Å². The molecule has 0 spiro atoms. The van der Waals surface area contributed by atoms with Crippen LogP contribution in [-0.4, -0.2) is 15.5 Å². The second-order valence-electron chi connectivity index (χ2n) is 4.30. The number of nitrogens with one attached hydrogen (secondary N) is 1. The SMILES string of the molecule is COc1ccc(Br)c(NS(=O)(=O)c2cccc(CN)c2)c1. The zero-order chi connectivity index (χ0) is 15.5. The maximum atomic E-state index is 12.4. The van der Waals surface area contributed by atoms with Gasteiger partial charge in [0.2, 0.25) is 0 Å². The average molecular weight is 371 g/mol. The standard InChI is InChI=1S/C14H15BrN2O3S/c1-20-11-5-6-13(15)14(8-11)17-21(18,19)12-4-2-3-10(7-12)9-16/h2-8,17H,9,16H2,1H3. The summed E-state index contributed by atoms with van der Waals surface area (Å²) >= 11 is 3.31. The van der Waals surface area contributed by atoms with Gasteiger partial charge in [0.05, 0.1) is 17.7 Å². The van der Waals surface area contributed by atoms with Crippen LogP contribution < -0.4 is 15.2 Å². The number of nitrogens with two attached hydrogens (primary N) is 1. The Hall–Kier alpha value is -1.57. The van der Waals surface area contributed by atoms with Crippen molar-refractivity contribution in [3.63, 3.8) is 0 Å². The third-order valence-corrected chi connectivity index (χ3v) is 4.92. The molecule has 2 aromatic rings. The third-order valence-electron chi connectivity index (χ3n) is 2.86. The Bertz CT molecular complexity index is 748. The molecule has 7 heteroatoms. The summed E-state index contributed by atoms with van der Waals surface area (Å²) in [6, 6.07) is 11.6. The van der Waals surface area contributed by atoms with Gasteiger partial charge in [0.15, 0.2) is 0 Å². The molecule has 0 fully saturated rings. The molecular weight excluding hydrogens is 356 g/mol. The van der Waals surface area contributed by atoms with Crippen LogP contribution in [0, 0.1) is 0 Å². The van der Waals surface area contributed by atoms with Crippen LogP contribution >= 0.6 is 15.9 Å². The summed E-state index contributed by atoms with van der Waals surface area (Å²) in [6.07, 6.45) is 0. The highest BCUT2D eigenvalue weighted by atomic mass is 79.9. The van der Waals surface area contributed by atoms with E-state index in [4.69, 9.17) is 10.5 Å². The summed E-state index contributed by atoms with van der Waals surface area (Å²) in [4.78, 5) is 0.167. The summed E-state index contributed by atoms with van der Waals surface area (Å²) in [7, 11) is -2.16. The highest BCUT2D eigenvalue weighted by Crippen LogP contribution is 2.29. The lowest BCUT2D eigenvalue weighted by molar-refractivity contribution is 0.415. The van der Waals surface area contributed by atoms with E-state index in [0.717, 1.165) is 5.56 Å². The maximum Gasteiger partial charge on any atom is 0.261 e. The van der Waals surface area contributed by atoms with Crippen LogP contribution in [0.15, 0.2) is 51.8 Å². The third kappa shape index (κ3) is 3.75. The van der Waals surface area contributed by atoms with Gasteiger partial charge in [-0.2, -0.15) is 0 Å². The number of ether oxygens (including phenoxy) is 1. The Labute approximate surface area is 132 Å². The molecule has 0 saturated heterocycles. The molecule has 0 aliphatic heterocycles. The van der Waals surface area contributed by atoms with E-state index in [1.165, 1.54) is 13.2 Å². The molecule has 0 atom stereocenters. The van der Waals surface area contributed by atoms with E-state index in [2.05, 4.69) is 20.7 Å². The van der Waals surface area contributed by atoms with Crippen LogP contribution in [0.1, 0.15) is 5.56 Å². The van der Waals surface area contributed by atoms with Crippen LogP contribution in [0.25, 0.3) is 0 Å². The van der Waals surface area contributed by atoms with E-state index in [-0.39, 0.29) is 11.4 Å². The predicted octanol–water partition coefficient (Wildman–Crippen LogP) is 2.72. The number of hydrogen-bond donors (Lipinski definition) is 2. The van der Waals surface area contributed by atoms with Crippen LogP contribution in [0.3, 0.4) is 0 Å². The van der Waals surface area contributed by atoms with Gasteiger partial charge in [0.1, 0.15) is 5.75 Å². The molecule has 5 nitrogen and oxygen atoms in total. The van der Waals surface area contributed by atoms with Crippen molar-refractivity contribution in [1.82, 2.24) is 0 Å². The van der Waals surface area contributed by atoms with Crippen molar-refractivity contribution in [2.45, 2.75) is 11.4 Å². The van der Waals surface area contributed by atoms with Gasteiger partial charge in [-0.3, -0.25) is 4.72 Å². The number of benzene rings is 2. The highest BCUT2D eigenvalue weighted by molar-refractivity contribution is 9.10. The minimum Gasteiger partial charge on any atom is -0.497 e. The first-order valence-electron chi connectivity index (χ1n) is 6.11. The lowest BCUT2D eigenvalue weighted by Crippen LogP contribution is -2.14. The Balaban J connectivity index is 2.37. The van der Waals surface area contributed by atoms with E-state index < -0.39 is 10.0 Å². The number of methoxy groups -OCH3 is 1. The molecular formula is C14H15BrN2O3S. The fourth-order valence-electron chi connectivity index (χ4n) is 1.75. The number of halogens is 1. The van der Waals surface area contributed by atoms with Gasteiger partial charge in [-0.1, -0.05) is 12.1 Å². The van der Waals surface area contributed by atoms with Crippen molar-refractivity contribution < 1.29 is 13.2 Å². The predicted molar refractivity (Wildman–Crippen MR) is 85.8 cm³/mol. The van der Waals surface area contributed by atoms with Gasteiger partial charge < -0.3 is 10.5 Å². The van der Waals surface area contributed by atoms with Crippen LogP contribution in [0.5, 0.6) is 5.75 Å². The first-order chi connectivity index (χ1) is 9.96. The number of rotatable bonds is 5. The molecule has 0 aliphatic carbocycles. The molecule has 2 rings (SSSR count). The van der Waals surface area contributed by atoms with Crippen molar-refractivity contribution in [1.29, 1.82) is 0 Å². The number of anilines is 1. The molecule has 0 aliphatic rings. The normalized spacial score (nSPS) is 11.2. The first kappa shape index (κ1) is 15.8. The molecule has 0 heterocycles. The van der Waals surface area contributed by atoms with Crippen LogP contribution in [-0.2, 0) is 16.6 Å². The lowest BCUT2D eigenvalue weighted by Gasteiger charge is -2.11. The Morgan fingerprint density at radius 2 is 2.00 bits per heavy atom. The summed E-state index contributed by atoms with van der Waals surface area (Å²) in [5.41, 5.74) is 6.70. The lowest BCUT2D eigenvalue weighted by atomic mass is 10.2. The summed E-state index contributed by atoms with van der Waals surface area (Å²) < 4.78 is 33.1. The zero-order valence-corrected chi connectivity index (χ0v) is 13.7. The largest absolute Gasteiger partial charge is 0.497 e. The van der Waals surface area contributed by atoms with Crippen molar-refractivity contribution in [3.05, 3.63) is 52.5 Å². The fraction of sp³-hybridized carbons (Fsp3) is 0.143. The van der Waals surface area contributed by atoms with E-state index in [1.807, 2.05) is 0 Å². The Morgan fingerprint density at radius 3 is 2.67 bits per heavy atom. The molecule has 0 bridgehead atoms. The highest BCUT2D eigenvalue weighted by Gasteiger charge is 2.16. The molecule has 112 valence electrons. The molecule has 0 amide bonds. The summed E-state index contributed by atoms with van der Waals surface area (Å²) in [6.45, 7) is 0.284. The molecule has 21 heavy (non-hydrogen) atoms. The van der Waals surface area contributed by atoms with Gasteiger partial charge >= 0.3 is 0 Å². The zero-order valence-electron chi connectivity index (χ0n) is 11.3. The smallest absolute Gasteiger partial charge is 0.261 e. The van der Waals surface area contributed by atoms with Gasteiger partial charge in [-0.05, 0) is 45.8 Å². The van der Waals surface area contributed by atoms with Crippen molar-refractivity contribution >= 4 is 31.6 Å². The number of hydrogen-bond acceptors (Lipinski definition) is 4. The monoisotopic (exact) mass is 370 g/mol. The van der Waals surface area contributed by atoms with E-state index in [0.29, 0.717) is 15.9 Å². The topological polar surface area (TPSA) is 81.4 Å². The fourth-order valence-corrected chi connectivity index (χ4v) is 3.37. The van der Waals surface area contributed by atoms with Crippen molar-refractivity contribution in [3.8, 4) is 5.75 Å². The van der Waals surface area contributed by atoms with E-state index in [1.54, 1.807) is 36.4 Å². The maximum absolute atomic E-state index is 12.4. The summed E-state index contributed by atoms with van der Waals surface area (Å²) in [5, 5.41) is 0. The molecule has 0 saturated carbocycles. The molecule has 2 aromatic carbocycles. The van der Waals surface area contributed by atoms with Gasteiger partial charge in [0.25, 0.3) is 10.0 Å². The van der Waals surface area contributed by atoms with E-state index in [9.17, 15) is 8.42 Å². The second kappa shape index (κ2) is 6.46. The summed E-state index contributed by atoms with van der Waals surface area (Å²) in [5.74, 6) is 0.562.